The van der Waals surface area contributed by atoms with Crippen LogP contribution in [0.1, 0.15) is 28.4 Å². The maximum atomic E-state index is 15.6. The molecular formula is C31H24FN7. The molecule has 1 N–H and O–H groups in total. The van der Waals surface area contributed by atoms with Crippen molar-refractivity contribution < 1.29 is 4.39 Å². The standard InChI is InChI=1S/C31H24FN7/c1-19-10-9-11-21(18-19)34-29-31-36-30-27(20(2)37-39(30)26-16-7-8-17-33-26)28(22-12-3-4-13-23(22)32)38(31)25-15-6-5-14-24(25)35-29/h3-18,28H,1-2H3,(H,34,35)/t28-/m0/s1. The zero-order chi connectivity index (χ0) is 26.5. The van der Waals surface area contributed by atoms with Gasteiger partial charge in [0.15, 0.2) is 23.3 Å². The monoisotopic (exact) mass is 513 g/mol. The number of hydrogen-bond acceptors (Lipinski definition) is 6. The molecule has 4 heterocycles. The predicted molar refractivity (Wildman–Crippen MR) is 152 cm³/mol. The van der Waals surface area contributed by atoms with Gasteiger partial charge in [-0.25, -0.2) is 19.4 Å². The van der Waals surface area contributed by atoms with Crippen molar-refractivity contribution >= 4 is 34.6 Å². The molecule has 3 aromatic carbocycles. The Kier molecular flexibility index (Phi) is 5.33. The van der Waals surface area contributed by atoms with E-state index in [9.17, 15) is 0 Å². The average molecular weight is 514 g/mol. The average Bonchev–Trinajstić information content (AvgIpc) is 3.29. The topological polar surface area (TPSA) is 70.7 Å². The number of aliphatic imine (C=N–C) groups is 2. The van der Waals surface area contributed by atoms with Gasteiger partial charge in [0.2, 0.25) is 0 Å². The van der Waals surface area contributed by atoms with Crippen molar-refractivity contribution in [1.29, 1.82) is 0 Å². The molecule has 5 aromatic rings. The number of hydrogen-bond donors (Lipinski definition) is 1. The number of halogens is 1. The number of benzene rings is 3. The van der Waals surface area contributed by atoms with Crippen LogP contribution in [0.4, 0.5) is 27.3 Å². The minimum atomic E-state index is -0.530. The second-order valence-electron chi connectivity index (χ2n) is 9.60. The Morgan fingerprint density at radius 2 is 1.67 bits per heavy atom. The Bertz CT molecular complexity index is 1790. The van der Waals surface area contributed by atoms with Gasteiger partial charge in [-0.2, -0.15) is 9.78 Å². The zero-order valence-electron chi connectivity index (χ0n) is 21.4. The first-order chi connectivity index (χ1) is 19.1. The van der Waals surface area contributed by atoms with E-state index < -0.39 is 6.04 Å². The quantitative estimate of drug-likeness (QED) is 0.287. The molecule has 2 aliphatic heterocycles. The van der Waals surface area contributed by atoms with Crippen molar-refractivity contribution in [3.8, 4) is 5.82 Å². The van der Waals surface area contributed by atoms with E-state index in [4.69, 9.17) is 15.1 Å². The lowest BCUT2D eigenvalue weighted by molar-refractivity contribution is 0.597. The Hall–Kier alpha value is -5.11. The van der Waals surface area contributed by atoms with E-state index in [0.717, 1.165) is 33.9 Å². The first-order valence-electron chi connectivity index (χ1n) is 12.7. The summed E-state index contributed by atoms with van der Waals surface area (Å²) in [4.78, 5) is 16.7. The number of fused-ring (bicyclic) bond motifs is 4. The van der Waals surface area contributed by atoms with Gasteiger partial charge in [0.05, 0.1) is 23.1 Å². The lowest BCUT2D eigenvalue weighted by Gasteiger charge is -2.40. The normalized spacial score (nSPS) is 15.6. The molecule has 0 bridgehead atoms. The van der Waals surface area contributed by atoms with Crippen LogP contribution in [0.3, 0.4) is 0 Å². The van der Waals surface area contributed by atoms with Gasteiger partial charge in [-0.1, -0.05) is 48.5 Å². The Labute approximate surface area is 225 Å². The number of rotatable bonds is 3. The van der Waals surface area contributed by atoms with Gasteiger partial charge < -0.3 is 10.2 Å². The van der Waals surface area contributed by atoms with Gasteiger partial charge in [-0.3, -0.25) is 0 Å². The number of para-hydroxylation sites is 2. The molecule has 0 aliphatic carbocycles. The summed E-state index contributed by atoms with van der Waals surface area (Å²) in [5, 5.41) is 8.32. The molecule has 190 valence electrons. The molecule has 2 aromatic heterocycles. The van der Waals surface area contributed by atoms with E-state index in [1.807, 2.05) is 86.6 Å². The summed E-state index contributed by atoms with van der Waals surface area (Å²) in [5.74, 6) is 2.08. The van der Waals surface area contributed by atoms with Gasteiger partial charge in [0, 0.05) is 23.0 Å². The summed E-state index contributed by atoms with van der Waals surface area (Å²) < 4.78 is 17.3. The lowest BCUT2D eigenvalue weighted by Crippen LogP contribution is -2.46. The summed E-state index contributed by atoms with van der Waals surface area (Å²) >= 11 is 0. The summed E-state index contributed by atoms with van der Waals surface area (Å²) in [6.45, 7) is 3.98. The first kappa shape index (κ1) is 23.0. The highest BCUT2D eigenvalue weighted by Crippen LogP contribution is 2.48. The van der Waals surface area contributed by atoms with E-state index in [1.165, 1.54) is 6.07 Å². The second-order valence-corrected chi connectivity index (χ2v) is 9.60. The third-order valence-corrected chi connectivity index (χ3v) is 6.99. The van der Waals surface area contributed by atoms with Crippen molar-refractivity contribution in [2.45, 2.75) is 19.9 Å². The van der Waals surface area contributed by atoms with Crippen molar-refractivity contribution in [3.05, 3.63) is 125 Å². The second kappa shape index (κ2) is 9.02. The Morgan fingerprint density at radius 3 is 2.49 bits per heavy atom. The van der Waals surface area contributed by atoms with Crippen molar-refractivity contribution in [2.24, 2.45) is 9.98 Å². The molecular weight excluding hydrogens is 489 g/mol. The molecule has 0 spiro atoms. The van der Waals surface area contributed by atoms with Gasteiger partial charge in [0.1, 0.15) is 5.82 Å². The van der Waals surface area contributed by atoms with E-state index in [2.05, 4.69) is 21.3 Å². The number of nitrogens with one attached hydrogen (secondary N) is 1. The van der Waals surface area contributed by atoms with E-state index >= 15 is 4.39 Å². The fraction of sp³-hybridized carbons (Fsp3) is 0.0968. The third kappa shape index (κ3) is 3.80. The molecule has 39 heavy (non-hydrogen) atoms. The van der Waals surface area contributed by atoms with E-state index in [-0.39, 0.29) is 5.82 Å². The van der Waals surface area contributed by atoms with E-state index in [0.29, 0.717) is 28.9 Å². The van der Waals surface area contributed by atoms with Crippen LogP contribution >= 0.6 is 0 Å². The minimum absolute atomic E-state index is 0.298. The van der Waals surface area contributed by atoms with Crippen LogP contribution in [-0.2, 0) is 0 Å². The molecule has 0 amide bonds. The summed E-state index contributed by atoms with van der Waals surface area (Å²) in [7, 11) is 0. The van der Waals surface area contributed by atoms with Gasteiger partial charge in [-0.15, -0.1) is 0 Å². The fourth-order valence-electron chi connectivity index (χ4n) is 5.29. The highest BCUT2D eigenvalue weighted by atomic mass is 19.1. The maximum Gasteiger partial charge on any atom is 0.179 e. The Morgan fingerprint density at radius 1 is 0.846 bits per heavy atom. The third-order valence-electron chi connectivity index (χ3n) is 6.99. The number of nitrogens with zero attached hydrogens (tertiary/aromatic N) is 6. The zero-order valence-corrected chi connectivity index (χ0v) is 21.4. The van der Waals surface area contributed by atoms with Crippen molar-refractivity contribution in [2.75, 3.05) is 10.2 Å². The van der Waals surface area contributed by atoms with Crippen LogP contribution in [0.25, 0.3) is 5.82 Å². The Balaban J connectivity index is 1.52. The van der Waals surface area contributed by atoms with Crippen LogP contribution in [0.15, 0.2) is 107 Å². The first-order valence-corrected chi connectivity index (χ1v) is 12.7. The molecule has 0 unspecified atom stereocenters. The van der Waals surface area contributed by atoms with Crippen molar-refractivity contribution in [1.82, 2.24) is 14.8 Å². The molecule has 8 heteroatoms. The SMILES string of the molecule is Cc1cccc(NC2=Nc3ccccc3N3C2=Nc2c(c(C)nn2-c2ccccn2)[C@@H]3c2ccccc2F)c1. The van der Waals surface area contributed by atoms with Crippen LogP contribution in [0, 0.1) is 19.7 Å². The molecule has 7 nitrogen and oxygen atoms in total. The van der Waals surface area contributed by atoms with Crippen LogP contribution in [0.2, 0.25) is 0 Å². The van der Waals surface area contributed by atoms with Crippen LogP contribution < -0.4 is 10.2 Å². The largest absolute Gasteiger partial charge is 0.337 e. The number of aromatic nitrogens is 3. The number of amidine groups is 2. The number of pyridine rings is 1. The molecule has 1 atom stereocenters. The van der Waals surface area contributed by atoms with Gasteiger partial charge in [0.25, 0.3) is 0 Å². The molecule has 0 radical (unpaired) electrons. The van der Waals surface area contributed by atoms with Gasteiger partial charge in [-0.05, 0) is 61.9 Å². The van der Waals surface area contributed by atoms with Crippen LogP contribution in [0.5, 0.6) is 0 Å². The van der Waals surface area contributed by atoms with Crippen molar-refractivity contribution in [3.63, 3.8) is 0 Å². The number of aryl methyl sites for hydroxylation is 2. The van der Waals surface area contributed by atoms with Crippen LogP contribution in [-0.4, -0.2) is 26.4 Å². The molecule has 0 fully saturated rings. The minimum Gasteiger partial charge on any atom is -0.337 e. The number of anilines is 2. The highest BCUT2D eigenvalue weighted by Gasteiger charge is 2.42. The summed E-state index contributed by atoms with van der Waals surface area (Å²) in [6, 6.07) is 28.0. The highest BCUT2D eigenvalue weighted by molar-refractivity contribution is 6.51. The maximum absolute atomic E-state index is 15.6. The smallest absolute Gasteiger partial charge is 0.179 e. The molecule has 0 saturated heterocycles. The summed E-state index contributed by atoms with van der Waals surface area (Å²) in [5.41, 5.74) is 5.72. The summed E-state index contributed by atoms with van der Waals surface area (Å²) in [6.07, 6.45) is 1.72. The molecule has 0 saturated carbocycles. The molecule has 7 rings (SSSR count). The predicted octanol–water partition coefficient (Wildman–Crippen LogP) is 6.82. The van der Waals surface area contributed by atoms with Gasteiger partial charge >= 0.3 is 0 Å². The fourth-order valence-corrected chi connectivity index (χ4v) is 5.29. The lowest BCUT2D eigenvalue weighted by atomic mass is 9.93. The molecule has 2 aliphatic rings. The van der Waals surface area contributed by atoms with E-state index in [1.54, 1.807) is 16.9 Å².